The van der Waals surface area contributed by atoms with Gasteiger partial charge in [-0.3, -0.25) is 9.59 Å². The van der Waals surface area contributed by atoms with Crippen molar-refractivity contribution in [1.29, 1.82) is 0 Å². The highest BCUT2D eigenvalue weighted by molar-refractivity contribution is 5.94. The Balaban J connectivity index is 2.38. The van der Waals surface area contributed by atoms with Crippen molar-refractivity contribution < 1.29 is 14.3 Å². The molecule has 0 spiro atoms. The van der Waals surface area contributed by atoms with E-state index in [1.54, 1.807) is 0 Å². The van der Waals surface area contributed by atoms with E-state index < -0.39 is 0 Å². The SMILES string of the molecule is CCc1cccc(NC(=O)CNC(=O)CC(CN)OC)c1. The Kier molecular flexibility index (Phi) is 7.42. The van der Waals surface area contributed by atoms with Crippen LogP contribution >= 0.6 is 0 Å². The molecule has 1 aromatic rings. The van der Waals surface area contributed by atoms with Crippen LogP contribution in [0.4, 0.5) is 5.69 Å². The number of ether oxygens (including phenoxy) is 1. The molecule has 21 heavy (non-hydrogen) atoms. The quantitative estimate of drug-likeness (QED) is 0.656. The number of methoxy groups -OCH3 is 1. The molecule has 0 saturated carbocycles. The summed E-state index contributed by atoms with van der Waals surface area (Å²) < 4.78 is 5.01. The van der Waals surface area contributed by atoms with Crippen LogP contribution < -0.4 is 16.4 Å². The van der Waals surface area contributed by atoms with Crippen LogP contribution in [0.3, 0.4) is 0 Å². The average molecular weight is 293 g/mol. The number of carbonyl (C=O) groups excluding carboxylic acids is 2. The van der Waals surface area contributed by atoms with E-state index in [1.807, 2.05) is 31.2 Å². The normalized spacial score (nSPS) is 11.8. The summed E-state index contributed by atoms with van der Waals surface area (Å²) in [6.45, 7) is 2.24. The number of benzene rings is 1. The lowest BCUT2D eigenvalue weighted by atomic mass is 10.1. The van der Waals surface area contributed by atoms with Crippen molar-refractivity contribution in [3.8, 4) is 0 Å². The molecular formula is C15H23N3O3. The largest absolute Gasteiger partial charge is 0.380 e. The van der Waals surface area contributed by atoms with Crippen molar-refractivity contribution in [2.75, 3.05) is 25.5 Å². The van der Waals surface area contributed by atoms with Crippen LogP contribution in [-0.4, -0.2) is 38.1 Å². The Hall–Kier alpha value is -1.92. The first-order chi connectivity index (χ1) is 10.1. The van der Waals surface area contributed by atoms with E-state index in [0.29, 0.717) is 0 Å². The van der Waals surface area contributed by atoms with Gasteiger partial charge in [0.15, 0.2) is 0 Å². The van der Waals surface area contributed by atoms with Gasteiger partial charge in [0.2, 0.25) is 11.8 Å². The van der Waals surface area contributed by atoms with Gasteiger partial charge in [-0.25, -0.2) is 0 Å². The Morgan fingerprint density at radius 2 is 2.10 bits per heavy atom. The maximum absolute atomic E-state index is 11.8. The van der Waals surface area contributed by atoms with Gasteiger partial charge in [-0.15, -0.1) is 0 Å². The van der Waals surface area contributed by atoms with Gasteiger partial charge in [0.25, 0.3) is 0 Å². The predicted molar refractivity (Wildman–Crippen MR) is 81.9 cm³/mol. The fourth-order valence-electron chi connectivity index (χ4n) is 1.79. The Morgan fingerprint density at radius 3 is 2.71 bits per heavy atom. The Labute approximate surface area is 125 Å². The summed E-state index contributed by atoms with van der Waals surface area (Å²) >= 11 is 0. The van der Waals surface area contributed by atoms with Crippen molar-refractivity contribution in [2.24, 2.45) is 5.73 Å². The zero-order valence-electron chi connectivity index (χ0n) is 12.5. The zero-order valence-corrected chi connectivity index (χ0v) is 12.5. The standard InChI is InChI=1S/C15H23N3O3/c1-3-11-5-4-6-12(7-11)18-15(20)10-17-14(19)8-13(9-16)21-2/h4-7,13H,3,8-10,16H2,1-2H3,(H,17,19)(H,18,20). The molecule has 0 aliphatic heterocycles. The third-order valence-corrected chi connectivity index (χ3v) is 3.07. The summed E-state index contributed by atoms with van der Waals surface area (Å²) in [6.07, 6.45) is 0.720. The monoisotopic (exact) mass is 293 g/mol. The number of hydrogen-bond donors (Lipinski definition) is 3. The van der Waals surface area contributed by atoms with Gasteiger partial charge >= 0.3 is 0 Å². The lowest BCUT2D eigenvalue weighted by Gasteiger charge is -2.12. The molecule has 0 saturated heterocycles. The molecule has 1 unspecified atom stereocenters. The second-order valence-electron chi connectivity index (χ2n) is 4.68. The van der Waals surface area contributed by atoms with Gasteiger partial charge in [-0.05, 0) is 24.1 Å². The van der Waals surface area contributed by atoms with Gasteiger partial charge < -0.3 is 21.1 Å². The summed E-state index contributed by atoms with van der Waals surface area (Å²) in [5, 5.41) is 5.29. The van der Waals surface area contributed by atoms with E-state index in [1.165, 1.54) is 7.11 Å². The molecular weight excluding hydrogens is 270 g/mol. The Morgan fingerprint density at radius 1 is 1.33 bits per heavy atom. The lowest BCUT2D eigenvalue weighted by Crippen LogP contribution is -2.36. The summed E-state index contributed by atoms with van der Waals surface area (Å²) in [5.74, 6) is -0.525. The maximum Gasteiger partial charge on any atom is 0.243 e. The van der Waals surface area contributed by atoms with Crippen LogP contribution in [-0.2, 0) is 20.7 Å². The second kappa shape index (κ2) is 9.10. The summed E-state index contributed by atoms with van der Waals surface area (Å²) in [7, 11) is 1.50. The van der Waals surface area contributed by atoms with Gasteiger partial charge in [-0.1, -0.05) is 19.1 Å². The first-order valence-corrected chi connectivity index (χ1v) is 6.97. The molecule has 4 N–H and O–H groups in total. The molecule has 0 radical (unpaired) electrons. The highest BCUT2D eigenvalue weighted by atomic mass is 16.5. The zero-order chi connectivity index (χ0) is 15.7. The summed E-state index contributed by atoms with van der Waals surface area (Å²) in [6, 6.07) is 7.61. The molecule has 1 aromatic carbocycles. The van der Waals surface area contributed by atoms with Gasteiger partial charge in [-0.2, -0.15) is 0 Å². The third-order valence-electron chi connectivity index (χ3n) is 3.07. The molecule has 0 aliphatic rings. The first-order valence-electron chi connectivity index (χ1n) is 6.97. The molecule has 0 bridgehead atoms. The molecule has 1 rings (SSSR count). The molecule has 0 aliphatic carbocycles. The Bertz CT molecular complexity index is 473. The number of aryl methyl sites for hydroxylation is 1. The van der Waals surface area contributed by atoms with Gasteiger partial charge in [0.05, 0.1) is 19.1 Å². The van der Waals surface area contributed by atoms with Crippen molar-refractivity contribution in [3.05, 3.63) is 29.8 Å². The van der Waals surface area contributed by atoms with Crippen molar-refractivity contribution in [3.63, 3.8) is 0 Å². The van der Waals surface area contributed by atoms with Crippen molar-refractivity contribution >= 4 is 17.5 Å². The van der Waals surface area contributed by atoms with Crippen LogP contribution in [0.25, 0.3) is 0 Å². The predicted octanol–water partition coefficient (Wildman–Crippen LogP) is 0.668. The topological polar surface area (TPSA) is 93.5 Å². The number of carbonyl (C=O) groups is 2. The van der Waals surface area contributed by atoms with E-state index in [-0.39, 0.29) is 37.4 Å². The van der Waals surface area contributed by atoms with E-state index in [4.69, 9.17) is 10.5 Å². The van der Waals surface area contributed by atoms with E-state index >= 15 is 0 Å². The number of hydrogen-bond acceptors (Lipinski definition) is 4. The van der Waals surface area contributed by atoms with Crippen molar-refractivity contribution in [2.45, 2.75) is 25.9 Å². The lowest BCUT2D eigenvalue weighted by molar-refractivity contribution is -0.125. The molecule has 6 heteroatoms. The first kappa shape index (κ1) is 17.1. The van der Waals surface area contributed by atoms with E-state index in [0.717, 1.165) is 17.7 Å². The summed E-state index contributed by atoms with van der Waals surface area (Å²) in [5.41, 5.74) is 7.30. The molecule has 6 nitrogen and oxygen atoms in total. The number of rotatable bonds is 8. The highest BCUT2D eigenvalue weighted by Gasteiger charge is 2.12. The van der Waals surface area contributed by atoms with Crippen LogP contribution in [0.15, 0.2) is 24.3 Å². The van der Waals surface area contributed by atoms with Gasteiger partial charge in [0, 0.05) is 19.3 Å². The summed E-state index contributed by atoms with van der Waals surface area (Å²) in [4.78, 5) is 23.4. The molecule has 0 fully saturated rings. The minimum Gasteiger partial charge on any atom is -0.380 e. The number of anilines is 1. The minimum absolute atomic E-state index is 0.0732. The van der Waals surface area contributed by atoms with Crippen LogP contribution in [0, 0.1) is 0 Å². The molecule has 2 amide bonds. The number of amides is 2. The maximum atomic E-state index is 11.8. The van der Waals surface area contributed by atoms with Crippen molar-refractivity contribution in [1.82, 2.24) is 5.32 Å². The minimum atomic E-state index is -0.325. The van der Waals surface area contributed by atoms with Crippen LogP contribution in [0.5, 0.6) is 0 Å². The molecule has 116 valence electrons. The van der Waals surface area contributed by atoms with Gasteiger partial charge in [0.1, 0.15) is 0 Å². The third kappa shape index (κ3) is 6.37. The fourth-order valence-corrected chi connectivity index (χ4v) is 1.79. The fraction of sp³-hybridized carbons (Fsp3) is 0.467. The van der Waals surface area contributed by atoms with Crippen LogP contribution in [0.1, 0.15) is 18.9 Å². The smallest absolute Gasteiger partial charge is 0.243 e. The van der Waals surface area contributed by atoms with E-state index in [2.05, 4.69) is 10.6 Å². The molecule has 0 heterocycles. The average Bonchev–Trinajstić information content (AvgIpc) is 2.50. The number of nitrogens with one attached hydrogen (secondary N) is 2. The molecule has 1 atom stereocenters. The van der Waals surface area contributed by atoms with E-state index in [9.17, 15) is 9.59 Å². The van der Waals surface area contributed by atoms with Crippen LogP contribution in [0.2, 0.25) is 0 Å². The number of nitrogens with two attached hydrogens (primary N) is 1. The highest BCUT2D eigenvalue weighted by Crippen LogP contribution is 2.10. The second-order valence-corrected chi connectivity index (χ2v) is 4.68. The molecule has 0 aromatic heterocycles.